The quantitative estimate of drug-likeness (QED) is 0.799. The summed E-state index contributed by atoms with van der Waals surface area (Å²) < 4.78 is 46.7. The molecular weight excluding hydrogens is 337 g/mol. The van der Waals surface area contributed by atoms with Crippen LogP contribution in [0.5, 0.6) is 0 Å². The van der Waals surface area contributed by atoms with Crippen LogP contribution in [0.3, 0.4) is 0 Å². The van der Waals surface area contributed by atoms with Gasteiger partial charge in [-0.3, -0.25) is 4.79 Å². The lowest BCUT2D eigenvalue weighted by molar-refractivity contribution is -0.126. The first-order valence-corrected chi connectivity index (χ1v) is 7.93. The summed E-state index contributed by atoms with van der Waals surface area (Å²) in [6, 6.07) is -0.128. The van der Waals surface area contributed by atoms with Crippen molar-refractivity contribution in [3.05, 3.63) is 35.1 Å². The molecule has 1 heterocycles. The predicted octanol–water partition coefficient (Wildman–Crippen LogP) is 2.99. The van der Waals surface area contributed by atoms with Crippen LogP contribution in [0.2, 0.25) is 0 Å². The Balaban J connectivity index is 2.23. The third kappa shape index (κ3) is 4.43. The predicted molar refractivity (Wildman–Crippen MR) is 84.4 cm³/mol. The third-order valence-electron chi connectivity index (χ3n) is 3.92. The zero-order valence-corrected chi connectivity index (χ0v) is 14.5. The van der Waals surface area contributed by atoms with Crippen LogP contribution in [-0.2, 0) is 9.53 Å². The van der Waals surface area contributed by atoms with Crippen molar-refractivity contribution >= 4 is 12.0 Å². The number of hydrogen-bond acceptors (Lipinski definition) is 3. The highest BCUT2D eigenvalue weighted by Crippen LogP contribution is 2.33. The average Bonchev–Trinajstić information content (AvgIpc) is 2.46. The molecule has 1 saturated heterocycles. The van der Waals surface area contributed by atoms with Crippen LogP contribution in [0.15, 0.2) is 12.1 Å². The van der Waals surface area contributed by atoms with Gasteiger partial charge >= 0.3 is 6.09 Å². The Morgan fingerprint density at radius 2 is 1.84 bits per heavy atom. The lowest BCUT2D eigenvalue weighted by atomic mass is 9.82. The molecule has 138 valence electrons. The number of nitrogens with one attached hydrogen (secondary N) is 2. The molecule has 1 aliphatic heterocycles. The number of amides is 2. The van der Waals surface area contributed by atoms with Crippen LogP contribution in [-0.4, -0.2) is 29.7 Å². The molecule has 5 nitrogen and oxygen atoms in total. The second-order valence-electron chi connectivity index (χ2n) is 7.10. The van der Waals surface area contributed by atoms with Gasteiger partial charge in [-0.2, -0.15) is 0 Å². The molecule has 0 bridgehead atoms. The van der Waals surface area contributed by atoms with E-state index in [4.69, 9.17) is 4.74 Å². The Labute approximate surface area is 143 Å². The summed E-state index contributed by atoms with van der Waals surface area (Å²) in [6.45, 7) is 6.55. The molecule has 2 amide bonds. The summed E-state index contributed by atoms with van der Waals surface area (Å²) in [6.07, 6.45) is -0.898. The fourth-order valence-electron chi connectivity index (χ4n) is 2.82. The van der Waals surface area contributed by atoms with E-state index in [1.165, 1.54) is 0 Å². The summed E-state index contributed by atoms with van der Waals surface area (Å²) >= 11 is 0. The molecule has 0 aliphatic carbocycles. The maximum atomic E-state index is 14.1. The van der Waals surface area contributed by atoms with Gasteiger partial charge in [-0.25, -0.2) is 18.0 Å². The highest BCUT2D eigenvalue weighted by Gasteiger charge is 2.38. The molecule has 2 N–H and O–H groups in total. The number of carbonyl (C=O) groups excluding carboxylic acids is 2. The summed E-state index contributed by atoms with van der Waals surface area (Å²) in [7, 11) is 0. The Morgan fingerprint density at radius 1 is 1.24 bits per heavy atom. The van der Waals surface area contributed by atoms with Crippen LogP contribution in [0, 0.1) is 17.5 Å². The van der Waals surface area contributed by atoms with E-state index in [9.17, 15) is 22.8 Å². The highest BCUT2D eigenvalue weighted by atomic mass is 19.2. The second-order valence-corrected chi connectivity index (χ2v) is 7.10. The minimum absolute atomic E-state index is 0.0798. The highest BCUT2D eigenvalue weighted by molar-refractivity contribution is 5.86. The van der Waals surface area contributed by atoms with Crippen molar-refractivity contribution in [1.82, 2.24) is 10.6 Å². The van der Waals surface area contributed by atoms with E-state index in [0.717, 1.165) is 6.07 Å². The van der Waals surface area contributed by atoms with E-state index in [1.54, 1.807) is 27.7 Å². The maximum Gasteiger partial charge on any atom is 0.408 e. The molecule has 0 saturated carbocycles. The van der Waals surface area contributed by atoms with Crippen LogP contribution in [0.4, 0.5) is 18.0 Å². The topological polar surface area (TPSA) is 67.4 Å². The van der Waals surface area contributed by atoms with Crippen LogP contribution < -0.4 is 10.6 Å². The zero-order valence-electron chi connectivity index (χ0n) is 14.5. The second kappa shape index (κ2) is 6.93. The number of piperidine rings is 1. The van der Waals surface area contributed by atoms with Gasteiger partial charge in [-0.15, -0.1) is 0 Å². The summed E-state index contributed by atoms with van der Waals surface area (Å²) in [5.41, 5.74) is -1.20. The van der Waals surface area contributed by atoms with Gasteiger partial charge in [-0.1, -0.05) is 0 Å². The van der Waals surface area contributed by atoms with Gasteiger partial charge in [0.15, 0.2) is 11.6 Å². The van der Waals surface area contributed by atoms with Crippen molar-refractivity contribution < 1.29 is 27.5 Å². The number of rotatable bonds is 2. The van der Waals surface area contributed by atoms with Crippen molar-refractivity contribution in [1.29, 1.82) is 0 Å². The molecule has 0 aromatic heterocycles. The van der Waals surface area contributed by atoms with Gasteiger partial charge in [-0.05, 0) is 46.2 Å². The molecule has 0 radical (unpaired) electrons. The number of alkyl carbamates (subject to hydrolysis) is 1. The first kappa shape index (κ1) is 19.1. The minimum Gasteiger partial charge on any atom is -0.444 e. The molecule has 1 aromatic carbocycles. The van der Waals surface area contributed by atoms with E-state index < -0.39 is 58.6 Å². The van der Waals surface area contributed by atoms with Crippen molar-refractivity contribution in [3.8, 4) is 0 Å². The van der Waals surface area contributed by atoms with Crippen molar-refractivity contribution in [2.75, 3.05) is 0 Å². The van der Waals surface area contributed by atoms with E-state index in [0.29, 0.717) is 6.07 Å². The van der Waals surface area contributed by atoms with Crippen LogP contribution in [0.1, 0.15) is 45.6 Å². The molecule has 0 unspecified atom stereocenters. The number of benzene rings is 1. The molecule has 3 atom stereocenters. The number of ether oxygens (including phenoxy) is 1. The Kier molecular flexibility index (Phi) is 5.29. The summed E-state index contributed by atoms with van der Waals surface area (Å²) in [5.74, 6) is -4.69. The number of halogens is 3. The third-order valence-corrected chi connectivity index (χ3v) is 3.92. The average molecular weight is 358 g/mol. The first-order valence-electron chi connectivity index (χ1n) is 7.93. The van der Waals surface area contributed by atoms with Crippen molar-refractivity contribution in [2.45, 2.75) is 57.7 Å². The largest absolute Gasteiger partial charge is 0.444 e. The molecule has 1 fully saturated rings. The van der Waals surface area contributed by atoms with Crippen LogP contribution >= 0.6 is 0 Å². The SMILES string of the molecule is C[C@@H]1NC(=O)[C@H](NC(=O)OC(C)(C)C)C[C@H]1c1c(F)ccc(F)c1F. The van der Waals surface area contributed by atoms with E-state index in [2.05, 4.69) is 10.6 Å². The Bertz CT molecular complexity index is 688. The van der Waals surface area contributed by atoms with Gasteiger partial charge < -0.3 is 15.4 Å². The van der Waals surface area contributed by atoms with Gasteiger partial charge in [0.1, 0.15) is 17.5 Å². The molecule has 2 rings (SSSR count). The Hall–Kier alpha value is -2.25. The van der Waals surface area contributed by atoms with E-state index in [1.807, 2.05) is 0 Å². The zero-order chi connectivity index (χ0) is 18.9. The number of carbonyl (C=O) groups is 2. The van der Waals surface area contributed by atoms with Gasteiger partial charge in [0.25, 0.3) is 0 Å². The van der Waals surface area contributed by atoms with Crippen LogP contribution in [0.25, 0.3) is 0 Å². The fraction of sp³-hybridized carbons (Fsp3) is 0.529. The molecule has 25 heavy (non-hydrogen) atoms. The Morgan fingerprint density at radius 3 is 2.44 bits per heavy atom. The molecule has 1 aliphatic rings. The van der Waals surface area contributed by atoms with E-state index in [-0.39, 0.29) is 6.42 Å². The summed E-state index contributed by atoms with van der Waals surface area (Å²) in [5, 5.41) is 4.94. The standard InChI is InChI=1S/C17H21F3N2O3/c1-8-9(13-10(18)5-6-11(19)14(13)20)7-12(15(23)21-8)22-16(24)25-17(2,3)4/h5-6,8-9,12H,7H2,1-4H3,(H,21,23)(H,22,24)/t8-,9+,12+/m0/s1. The molecule has 0 spiro atoms. The van der Waals surface area contributed by atoms with E-state index >= 15 is 0 Å². The first-order chi connectivity index (χ1) is 11.5. The normalized spacial score (nSPS) is 23.8. The fourth-order valence-corrected chi connectivity index (χ4v) is 2.82. The molecule has 1 aromatic rings. The molecular formula is C17H21F3N2O3. The molecule has 8 heteroatoms. The van der Waals surface area contributed by atoms with Gasteiger partial charge in [0.2, 0.25) is 5.91 Å². The summed E-state index contributed by atoms with van der Waals surface area (Å²) in [4.78, 5) is 23.9. The van der Waals surface area contributed by atoms with Gasteiger partial charge in [0, 0.05) is 17.5 Å². The van der Waals surface area contributed by atoms with Crippen molar-refractivity contribution in [2.24, 2.45) is 0 Å². The minimum atomic E-state index is -1.29. The maximum absolute atomic E-state index is 14.1. The lowest BCUT2D eigenvalue weighted by Crippen LogP contribution is -2.56. The van der Waals surface area contributed by atoms with Gasteiger partial charge in [0.05, 0.1) is 0 Å². The van der Waals surface area contributed by atoms with Crippen molar-refractivity contribution in [3.63, 3.8) is 0 Å². The lowest BCUT2D eigenvalue weighted by Gasteiger charge is -2.35. The monoisotopic (exact) mass is 358 g/mol. The smallest absolute Gasteiger partial charge is 0.408 e. The number of hydrogen-bond donors (Lipinski definition) is 2.